The largest absolute Gasteiger partial charge is 0.480 e. The molecule has 1 atom stereocenters. The van der Waals surface area contributed by atoms with Gasteiger partial charge >= 0.3 is 11.9 Å². The van der Waals surface area contributed by atoms with E-state index in [0.717, 1.165) is 0 Å². The van der Waals surface area contributed by atoms with Gasteiger partial charge in [-0.15, -0.1) is 0 Å². The summed E-state index contributed by atoms with van der Waals surface area (Å²) in [6.07, 6.45) is 1.22. The van der Waals surface area contributed by atoms with Crippen molar-refractivity contribution in [3.8, 4) is 11.1 Å². The summed E-state index contributed by atoms with van der Waals surface area (Å²) in [6, 6.07) is 15.6. The fourth-order valence-corrected chi connectivity index (χ4v) is 3.75. The first-order valence-corrected chi connectivity index (χ1v) is 8.88. The maximum Gasteiger partial charge on any atom is 0.326 e. The second-order valence-electron chi connectivity index (χ2n) is 7.11. The van der Waals surface area contributed by atoms with E-state index >= 15 is 0 Å². The second kappa shape index (κ2) is 6.25. The average molecular weight is 351 g/mol. The number of rotatable bonds is 6. The zero-order valence-electron chi connectivity index (χ0n) is 14.6. The van der Waals surface area contributed by atoms with E-state index in [4.69, 9.17) is 9.84 Å². The van der Waals surface area contributed by atoms with E-state index in [1.807, 2.05) is 24.3 Å². The van der Waals surface area contributed by atoms with Gasteiger partial charge in [0.05, 0.1) is 0 Å². The summed E-state index contributed by atoms with van der Waals surface area (Å²) in [7, 11) is 0. The van der Waals surface area contributed by atoms with Crippen molar-refractivity contribution in [1.82, 2.24) is 5.32 Å². The topological polar surface area (TPSA) is 75.6 Å². The van der Waals surface area contributed by atoms with Gasteiger partial charge in [-0.3, -0.25) is 14.9 Å². The Hall–Kier alpha value is -2.66. The molecule has 0 aliphatic heterocycles. The number of benzene rings is 2. The van der Waals surface area contributed by atoms with E-state index in [9.17, 15) is 9.59 Å². The van der Waals surface area contributed by atoms with E-state index < -0.39 is 17.6 Å². The number of carboxylic acid groups (broad SMARTS) is 1. The SMILES string of the molecule is C[C@H](NC1(C(=O)OCC2c3ccccc3-c3ccccc32)CC1)C(=O)O. The first kappa shape index (κ1) is 16.8. The summed E-state index contributed by atoms with van der Waals surface area (Å²) in [5, 5.41) is 12.0. The highest BCUT2D eigenvalue weighted by atomic mass is 16.5. The maximum absolute atomic E-state index is 12.6. The number of aliphatic carboxylic acids is 1. The summed E-state index contributed by atoms with van der Waals surface area (Å²) in [4.78, 5) is 23.6. The first-order valence-electron chi connectivity index (χ1n) is 8.88. The molecular weight excluding hydrogens is 330 g/mol. The van der Waals surface area contributed by atoms with E-state index in [0.29, 0.717) is 12.8 Å². The molecule has 0 radical (unpaired) electrons. The van der Waals surface area contributed by atoms with Crippen molar-refractivity contribution in [1.29, 1.82) is 0 Å². The van der Waals surface area contributed by atoms with Crippen molar-refractivity contribution >= 4 is 11.9 Å². The highest BCUT2D eigenvalue weighted by molar-refractivity contribution is 5.86. The van der Waals surface area contributed by atoms with Gasteiger partial charge in [0.1, 0.15) is 18.2 Å². The summed E-state index contributed by atoms with van der Waals surface area (Å²) < 4.78 is 5.65. The van der Waals surface area contributed by atoms with Gasteiger partial charge in [0.25, 0.3) is 0 Å². The van der Waals surface area contributed by atoms with Crippen molar-refractivity contribution in [3.63, 3.8) is 0 Å². The summed E-state index contributed by atoms with van der Waals surface area (Å²) in [5.41, 5.74) is 3.86. The molecule has 4 rings (SSSR count). The minimum Gasteiger partial charge on any atom is -0.480 e. The molecular formula is C21H21NO4. The van der Waals surface area contributed by atoms with E-state index in [-0.39, 0.29) is 18.5 Å². The van der Waals surface area contributed by atoms with Crippen LogP contribution in [0.5, 0.6) is 0 Å². The molecule has 0 saturated heterocycles. The van der Waals surface area contributed by atoms with Gasteiger partial charge in [-0.25, -0.2) is 0 Å². The number of carbonyl (C=O) groups excluding carboxylic acids is 1. The van der Waals surface area contributed by atoms with Crippen LogP contribution in [0.15, 0.2) is 48.5 Å². The molecule has 5 heteroatoms. The quantitative estimate of drug-likeness (QED) is 0.783. The van der Waals surface area contributed by atoms with Crippen LogP contribution in [0.4, 0.5) is 0 Å². The lowest BCUT2D eigenvalue weighted by molar-refractivity contribution is -0.149. The maximum atomic E-state index is 12.6. The first-order chi connectivity index (χ1) is 12.5. The Kier molecular flexibility index (Phi) is 4.04. The number of nitrogens with one attached hydrogen (secondary N) is 1. The molecule has 2 N–H and O–H groups in total. The summed E-state index contributed by atoms with van der Waals surface area (Å²) in [6.45, 7) is 1.80. The number of ether oxygens (including phenoxy) is 1. The lowest BCUT2D eigenvalue weighted by Crippen LogP contribution is -2.48. The van der Waals surface area contributed by atoms with Crippen LogP contribution in [-0.2, 0) is 14.3 Å². The Labute approximate surface area is 152 Å². The average Bonchev–Trinajstić information content (AvgIpc) is 3.36. The van der Waals surface area contributed by atoms with Crippen molar-refractivity contribution in [2.75, 3.05) is 6.61 Å². The lowest BCUT2D eigenvalue weighted by atomic mass is 9.98. The number of hydrogen-bond acceptors (Lipinski definition) is 4. The number of carboxylic acids is 1. The Morgan fingerprint density at radius 1 is 1.12 bits per heavy atom. The molecule has 0 bridgehead atoms. The Balaban J connectivity index is 1.50. The number of hydrogen-bond donors (Lipinski definition) is 2. The summed E-state index contributed by atoms with van der Waals surface area (Å²) in [5.74, 6) is -1.31. The van der Waals surface area contributed by atoms with E-state index in [1.54, 1.807) is 6.92 Å². The van der Waals surface area contributed by atoms with Gasteiger partial charge in [-0.05, 0) is 42.0 Å². The Morgan fingerprint density at radius 3 is 2.15 bits per heavy atom. The van der Waals surface area contributed by atoms with Gasteiger partial charge in [0.15, 0.2) is 0 Å². The van der Waals surface area contributed by atoms with Crippen molar-refractivity contribution in [2.24, 2.45) is 0 Å². The molecule has 0 spiro atoms. The third-order valence-electron chi connectivity index (χ3n) is 5.35. The van der Waals surface area contributed by atoms with E-state index in [1.165, 1.54) is 22.3 Å². The molecule has 134 valence electrons. The molecule has 2 aromatic rings. The molecule has 1 saturated carbocycles. The van der Waals surface area contributed by atoms with Crippen LogP contribution in [0, 0.1) is 0 Å². The minimum atomic E-state index is -0.970. The predicted molar refractivity (Wildman–Crippen MR) is 96.9 cm³/mol. The normalized spacial score (nSPS) is 17.9. The van der Waals surface area contributed by atoms with Crippen LogP contribution < -0.4 is 5.32 Å². The molecule has 26 heavy (non-hydrogen) atoms. The van der Waals surface area contributed by atoms with Gasteiger partial charge in [-0.2, -0.15) is 0 Å². The van der Waals surface area contributed by atoms with Crippen LogP contribution in [0.2, 0.25) is 0 Å². The standard InChI is InChI=1S/C21H21NO4/c1-13(19(23)24)22-21(10-11-21)20(25)26-12-18-16-8-4-2-6-14(16)15-7-3-5-9-17(15)18/h2-9,13,18,22H,10-12H2,1H3,(H,23,24)/t13-/m0/s1. The zero-order chi connectivity index (χ0) is 18.3. The van der Waals surface area contributed by atoms with Gasteiger partial charge < -0.3 is 9.84 Å². The van der Waals surface area contributed by atoms with Gasteiger partial charge in [0.2, 0.25) is 0 Å². The van der Waals surface area contributed by atoms with Crippen LogP contribution in [-0.4, -0.2) is 35.2 Å². The van der Waals surface area contributed by atoms with Crippen molar-refractivity contribution < 1.29 is 19.4 Å². The molecule has 0 unspecified atom stereocenters. The molecule has 2 aliphatic carbocycles. The lowest BCUT2D eigenvalue weighted by Gasteiger charge is -2.21. The minimum absolute atomic E-state index is 0.0130. The van der Waals surface area contributed by atoms with Crippen LogP contribution in [0.25, 0.3) is 11.1 Å². The highest BCUT2D eigenvalue weighted by Gasteiger charge is 2.53. The fourth-order valence-electron chi connectivity index (χ4n) is 3.75. The third kappa shape index (κ3) is 2.78. The van der Waals surface area contributed by atoms with Crippen LogP contribution >= 0.6 is 0 Å². The fraction of sp³-hybridized carbons (Fsp3) is 0.333. The second-order valence-corrected chi connectivity index (χ2v) is 7.11. The van der Waals surface area contributed by atoms with Crippen molar-refractivity contribution in [2.45, 2.75) is 37.3 Å². The molecule has 2 aromatic carbocycles. The van der Waals surface area contributed by atoms with Gasteiger partial charge in [-0.1, -0.05) is 48.5 Å². The van der Waals surface area contributed by atoms with Crippen molar-refractivity contribution in [3.05, 3.63) is 59.7 Å². The highest BCUT2D eigenvalue weighted by Crippen LogP contribution is 2.45. The molecule has 1 fully saturated rings. The number of esters is 1. The Bertz CT molecular complexity index is 826. The summed E-state index contributed by atoms with van der Waals surface area (Å²) >= 11 is 0. The molecule has 2 aliphatic rings. The van der Waals surface area contributed by atoms with E-state index in [2.05, 4.69) is 29.6 Å². The van der Waals surface area contributed by atoms with Crippen LogP contribution in [0.1, 0.15) is 36.8 Å². The predicted octanol–water partition coefficient (Wildman–Crippen LogP) is 2.94. The number of fused-ring (bicyclic) bond motifs is 3. The molecule has 0 amide bonds. The molecule has 5 nitrogen and oxygen atoms in total. The van der Waals surface area contributed by atoms with Gasteiger partial charge in [0, 0.05) is 5.92 Å². The third-order valence-corrected chi connectivity index (χ3v) is 5.35. The van der Waals surface area contributed by atoms with Crippen LogP contribution in [0.3, 0.4) is 0 Å². The zero-order valence-corrected chi connectivity index (χ0v) is 14.6. The monoisotopic (exact) mass is 351 g/mol. The smallest absolute Gasteiger partial charge is 0.326 e. The number of carbonyl (C=O) groups is 2. The molecule has 0 aromatic heterocycles. The Morgan fingerprint density at radius 2 is 1.65 bits per heavy atom. The molecule has 0 heterocycles.